The smallest absolute Gasteiger partial charge is 0.145 e. The van der Waals surface area contributed by atoms with Gasteiger partial charge in [0.25, 0.3) is 0 Å². The predicted octanol–water partition coefficient (Wildman–Crippen LogP) is 16.4. The summed E-state index contributed by atoms with van der Waals surface area (Å²) in [5, 5.41) is 5.96. The third kappa shape index (κ3) is 6.32. The highest BCUT2D eigenvalue weighted by molar-refractivity contribution is 6.12. The highest BCUT2D eigenvalue weighted by Crippen LogP contribution is 2.41. The van der Waals surface area contributed by atoms with Crippen molar-refractivity contribution in [3.05, 3.63) is 249 Å². The van der Waals surface area contributed by atoms with Crippen molar-refractivity contribution in [2.75, 3.05) is 0 Å². The lowest BCUT2D eigenvalue weighted by molar-refractivity contribution is 1.10. The minimum absolute atomic E-state index is 0.906. The number of aromatic nitrogens is 5. The summed E-state index contributed by atoms with van der Waals surface area (Å²) < 4.78 is 6.99. The number of hydrogen-bond acceptors (Lipinski definition) is 2. The SMILES string of the molecule is c1ccc(-n2c(-c3ccc(-c4cc(-c5ccc6c(c5)c5ccccc5n6-c5ccccc5)nc5ccc(-c6ccc7c(c6)c6ccccc6n7-c6ccccc6)cc45)cc3)nc3ccccc32)cc1. The van der Waals surface area contributed by atoms with E-state index < -0.39 is 0 Å². The van der Waals surface area contributed by atoms with Crippen LogP contribution in [-0.4, -0.2) is 23.7 Å². The molecule has 0 aliphatic heterocycles. The van der Waals surface area contributed by atoms with E-state index in [1.165, 1.54) is 38.1 Å². The number of imidazole rings is 1. The van der Waals surface area contributed by atoms with E-state index in [9.17, 15) is 0 Å². The number of para-hydroxylation sites is 7. The van der Waals surface area contributed by atoms with Crippen molar-refractivity contribution >= 4 is 65.5 Å². The second-order valence-corrected chi connectivity index (χ2v) is 17.8. The molecule has 69 heavy (non-hydrogen) atoms. The van der Waals surface area contributed by atoms with E-state index in [1.54, 1.807) is 0 Å². The molecule has 0 saturated carbocycles. The van der Waals surface area contributed by atoms with Gasteiger partial charge in [-0.3, -0.25) is 4.57 Å². The average Bonchev–Trinajstić information content (AvgIpc) is 4.09. The van der Waals surface area contributed by atoms with Crippen LogP contribution in [0.5, 0.6) is 0 Å². The molecule has 0 saturated heterocycles. The molecule has 5 heteroatoms. The van der Waals surface area contributed by atoms with Crippen LogP contribution in [-0.2, 0) is 0 Å². The summed E-state index contributed by atoms with van der Waals surface area (Å²) >= 11 is 0. The molecule has 0 N–H and O–H groups in total. The fourth-order valence-electron chi connectivity index (χ4n) is 10.6. The zero-order chi connectivity index (χ0) is 45.4. The van der Waals surface area contributed by atoms with Crippen LogP contribution in [0.4, 0.5) is 0 Å². The van der Waals surface area contributed by atoms with Gasteiger partial charge in [0.1, 0.15) is 5.82 Å². The lowest BCUT2D eigenvalue weighted by Gasteiger charge is -2.14. The lowest BCUT2D eigenvalue weighted by atomic mass is 9.94. The first kappa shape index (κ1) is 38.9. The third-order valence-corrected chi connectivity index (χ3v) is 13.8. The third-order valence-electron chi connectivity index (χ3n) is 13.8. The molecule has 0 atom stereocenters. The Morgan fingerprint density at radius 1 is 0.246 bits per heavy atom. The van der Waals surface area contributed by atoms with Crippen LogP contribution < -0.4 is 0 Å². The van der Waals surface area contributed by atoms with Gasteiger partial charge in [-0.1, -0.05) is 146 Å². The molecule has 0 spiro atoms. The number of benzene rings is 10. The van der Waals surface area contributed by atoms with Crippen LogP contribution >= 0.6 is 0 Å². The fraction of sp³-hybridized carbons (Fsp3) is 0. The van der Waals surface area contributed by atoms with E-state index in [4.69, 9.17) is 9.97 Å². The van der Waals surface area contributed by atoms with Gasteiger partial charge in [0.05, 0.1) is 44.3 Å². The van der Waals surface area contributed by atoms with Gasteiger partial charge in [0.2, 0.25) is 0 Å². The number of pyridine rings is 1. The van der Waals surface area contributed by atoms with Crippen molar-refractivity contribution in [3.63, 3.8) is 0 Å². The molecule has 14 rings (SSSR count). The van der Waals surface area contributed by atoms with Gasteiger partial charge < -0.3 is 9.13 Å². The molecular formula is C64H41N5. The Morgan fingerprint density at radius 3 is 1.29 bits per heavy atom. The number of rotatable bonds is 7. The van der Waals surface area contributed by atoms with Crippen LogP contribution in [0.25, 0.3) is 128 Å². The van der Waals surface area contributed by atoms with Gasteiger partial charge in [-0.05, 0) is 125 Å². The molecule has 0 aliphatic rings. The maximum Gasteiger partial charge on any atom is 0.145 e. The Balaban J connectivity index is 0.947. The van der Waals surface area contributed by atoms with E-state index in [0.717, 1.165) is 89.4 Å². The molecule has 4 aromatic heterocycles. The molecule has 5 nitrogen and oxygen atoms in total. The van der Waals surface area contributed by atoms with Gasteiger partial charge in [0.15, 0.2) is 0 Å². The van der Waals surface area contributed by atoms with E-state index in [1.807, 2.05) is 0 Å². The van der Waals surface area contributed by atoms with Gasteiger partial charge in [-0.25, -0.2) is 9.97 Å². The summed E-state index contributed by atoms with van der Waals surface area (Å²) in [4.78, 5) is 10.6. The van der Waals surface area contributed by atoms with E-state index in [2.05, 4.69) is 262 Å². The van der Waals surface area contributed by atoms with Crippen molar-refractivity contribution in [1.82, 2.24) is 23.7 Å². The van der Waals surface area contributed by atoms with E-state index in [0.29, 0.717) is 0 Å². The summed E-state index contributed by atoms with van der Waals surface area (Å²) in [6.07, 6.45) is 0. The highest BCUT2D eigenvalue weighted by atomic mass is 15.1. The molecule has 322 valence electrons. The van der Waals surface area contributed by atoms with Crippen molar-refractivity contribution in [1.29, 1.82) is 0 Å². The second kappa shape index (κ2) is 15.7. The van der Waals surface area contributed by atoms with Crippen molar-refractivity contribution in [2.45, 2.75) is 0 Å². The van der Waals surface area contributed by atoms with Gasteiger partial charge in [-0.2, -0.15) is 0 Å². The topological polar surface area (TPSA) is 40.6 Å². The minimum Gasteiger partial charge on any atom is -0.309 e. The van der Waals surface area contributed by atoms with Crippen molar-refractivity contribution < 1.29 is 0 Å². The molecule has 14 aromatic rings. The number of fused-ring (bicyclic) bond motifs is 8. The Bertz CT molecular complexity index is 4280. The largest absolute Gasteiger partial charge is 0.309 e. The molecule has 0 unspecified atom stereocenters. The van der Waals surface area contributed by atoms with Crippen molar-refractivity contribution in [3.8, 4) is 62.0 Å². The molecule has 0 amide bonds. The zero-order valence-electron chi connectivity index (χ0n) is 37.4. The lowest BCUT2D eigenvalue weighted by Crippen LogP contribution is -1.97. The summed E-state index contributed by atoms with van der Waals surface area (Å²) in [5.74, 6) is 0.906. The summed E-state index contributed by atoms with van der Waals surface area (Å²) in [5.41, 5.74) is 18.6. The van der Waals surface area contributed by atoms with Crippen LogP contribution in [0.1, 0.15) is 0 Å². The first-order chi connectivity index (χ1) is 34.2. The Labute approximate surface area is 398 Å². The maximum absolute atomic E-state index is 5.46. The molecular weight excluding hydrogens is 839 g/mol. The summed E-state index contributed by atoms with van der Waals surface area (Å²) in [6.45, 7) is 0. The first-order valence-corrected chi connectivity index (χ1v) is 23.5. The van der Waals surface area contributed by atoms with Crippen LogP contribution in [0.15, 0.2) is 249 Å². The predicted molar refractivity (Wildman–Crippen MR) is 287 cm³/mol. The highest BCUT2D eigenvalue weighted by Gasteiger charge is 2.19. The Morgan fingerprint density at radius 2 is 0.681 bits per heavy atom. The van der Waals surface area contributed by atoms with E-state index in [-0.39, 0.29) is 0 Å². The quantitative estimate of drug-likeness (QED) is 0.160. The number of hydrogen-bond donors (Lipinski definition) is 0. The Kier molecular flexibility index (Phi) is 8.83. The fourth-order valence-corrected chi connectivity index (χ4v) is 10.6. The Hall–Kier alpha value is -9.32. The molecule has 4 heterocycles. The molecule has 10 aromatic carbocycles. The minimum atomic E-state index is 0.906. The monoisotopic (exact) mass is 879 g/mol. The van der Waals surface area contributed by atoms with Crippen molar-refractivity contribution in [2.24, 2.45) is 0 Å². The average molecular weight is 880 g/mol. The first-order valence-electron chi connectivity index (χ1n) is 23.5. The van der Waals surface area contributed by atoms with Gasteiger partial charge in [0, 0.05) is 55.1 Å². The summed E-state index contributed by atoms with van der Waals surface area (Å²) in [6, 6.07) is 89.2. The standard InChI is InChI=1S/C64H41N5/c1-4-16-47(17-5-1)67-59-25-13-10-22-50(59)54-39-45(33-36-61(54)67)44-32-35-56-53(38-44)52(42-28-30-43(31-29-42)64-66-57-24-12-15-27-63(57)69(64)49-20-8-3-9-21-49)41-58(65-56)46-34-37-62-55(40-46)51-23-11-14-26-60(51)68(62)48-18-6-2-7-19-48/h1-41H. The molecule has 0 radical (unpaired) electrons. The maximum atomic E-state index is 5.46. The molecule has 0 bridgehead atoms. The normalized spacial score (nSPS) is 11.8. The zero-order valence-corrected chi connectivity index (χ0v) is 37.4. The van der Waals surface area contributed by atoms with Crippen LogP contribution in [0.2, 0.25) is 0 Å². The summed E-state index contributed by atoms with van der Waals surface area (Å²) in [7, 11) is 0. The number of nitrogens with zero attached hydrogens (tertiary/aromatic N) is 5. The molecule has 0 fully saturated rings. The second-order valence-electron chi connectivity index (χ2n) is 17.8. The van der Waals surface area contributed by atoms with Crippen LogP contribution in [0.3, 0.4) is 0 Å². The molecule has 0 aliphatic carbocycles. The van der Waals surface area contributed by atoms with E-state index >= 15 is 0 Å². The van der Waals surface area contributed by atoms with Crippen LogP contribution in [0, 0.1) is 0 Å². The van der Waals surface area contributed by atoms with Gasteiger partial charge in [-0.15, -0.1) is 0 Å². The van der Waals surface area contributed by atoms with Gasteiger partial charge >= 0.3 is 0 Å².